The molecule has 1 amide bonds. The lowest BCUT2D eigenvalue weighted by Crippen LogP contribution is -2.42. The third-order valence-electron chi connectivity index (χ3n) is 6.15. The Labute approximate surface area is 205 Å². The summed E-state index contributed by atoms with van der Waals surface area (Å²) in [7, 11) is 1.65. The molecule has 1 saturated heterocycles. The van der Waals surface area contributed by atoms with E-state index < -0.39 is 0 Å². The minimum Gasteiger partial charge on any atom is -0.497 e. The van der Waals surface area contributed by atoms with Crippen molar-refractivity contribution in [3.63, 3.8) is 0 Å². The Balaban J connectivity index is 1.29. The molecule has 0 aliphatic carbocycles. The maximum Gasteiger partial charge on any atom is 0.224 e. The summed E-state index contributed by atoms with van der Waals surface area (Å²) in [5, 5.41) is 3.89. The van der Waals surface area contributed by atoms with Crippen LogP contribution in [-0.4, -0.2) is 49.1 Å². The van der Waals surface area contributed by atoms with Crippen molar-refractivity contribution >= 4 is 17.5 Å². The van der Waals surface area contributed by atoms with Crippen molar-refractivity contribution in [1.82, 2.24) is 15.2 Å². The molecule has 0 spiro atoms. The highest BCUT2D eigenvalue weighted by Crippen LogP contribution is 2.25. The molecule has 0 saturated carbocycles. The molecule has 2 heterocycles. The van der Waals surface area contributed by atoms with Crippen molar-refractivity contribution in [2.45, 2.75) is 18.9 Å². The van der Waals surface area contributed by atoms with Gasteiger partial charge in [-0.3, -0.25) is 14.7 Å². The molecular weight excluding hydrogens is 450 g/mol. The van der Waals surface area contributed by atoms with Crippen LogP contribution in [0.25, 0.3) is 0 Å². The number of carbonyl (C=O) groups excluding carboxylic acids is 1. The van der Waals surface area contributed by atoms with E-state index in [1.165, 1.54) is 0 Å². The lowest BCUT2D eigenvalue weighted by atomic mass is 9.94. The number of halogens is 1. The minimum absolute atomic E-state index is 0.0194. The number of ether oxygens (including phenoxy) is 2. The zero-order valence-corrected chi connectivity index (χ0v) is 20.1. The first-order chi connectivity index (χ1) is 16.6. The number of benzene rings is 2. The smallest absolute Gasteiger partial charge is 0.224 e. The van der Waals surface area contributed by atoms with Crippen molar-refractivity contribution in [3.05, 3.63) is 89.2 Å². The molecule has 2 aromatic carbocycles. The van der Waals surface area contributed by atoms with E-state index >= 15 is 0 Å². The number of carbonyl (C=O) groups is 1. The van der Waals surface area contributed by atoms with Crippen molar-refractivity contribution in [3.8, 4) is 11.5 Å². The van der Waals surface area contributed by atoms with Gasteiger partial charge < -0.3 is 14.8 Å². The molecule has 1 aromatic heterocycles. The Bertz CT molecular complexity index is 1050. The molecule has 1 fully saturated rings. The normalized spacial score (nSPS) is 15.5. The average Bonchev–Trinajstić information content (AvgIpc) is 2.89. The number of methoxy groups -OCH3 is 1. The zero-order valence-electron chi connectivity index (χ0n) is 19.3. The fourth-order valence-corrected chi connectivity index (χ4v) is 4.32. The van der Waals surface area contributed by atoms with Gasteiger partial charge in [0.1, 0.15) is 18.1 Å². The first-order valence-corrected chi connectivity index (χ1v) is 12.0. The molecule has 0 unspecified atom stereocenters. The summed E-state index contributed by atoms with van der Waals surface area (Å²) in [4.78, 5) is 20.0. The van der Waals surface area contributed by atoms with Crippen LogP contribution < -0.4 is 14.8 Å². The molecule has 34 heavy (non-hydrogen) atoms. The van der Waals surface area contributed by atoms with Gasteiger partial charge in [-0.2, -0.15) is 0 Å². The van der Waals surface area contributed by atoms with E-state index in [-0.39, 0.29) is 17.9 Å². The fourth-order valence-electron chi connectivity index (χ4n) is 4.19. The number of nitrogens with one attached hydrogen (secondary N) is 1. The first kappa shape index (κ1) is 24.0. The highest BCUT2D eigenvalue weighted by Gasteiger charge is 2.27. The molecule has 178 valence electrons. The van der Waals surface area contributed by atoms with Gasteiger partial charge in [0.05, 0.1) is 18.8 Å². The second-order valence-electron chi connectivity index (χ2n) is 8.39. The summed E-state index contributed by atoms with van der Waals surface area (Å²) in [6.07, 6.45) is 3.39. The van der Waals surface area contributed by atoms with Gasteiger partial charge in [-0.15, -0.1) is 0 Å². The maximum absolute atomic E-state index is 13.2. The van der Waals surface area contributed by atoms with Crippen molar-refractivity contribution in [2.75, 3.05) is 33.4 Å². The van der Waals surface area contributed by atoms with Crippen molar-refractivity contribution in [2.24, 2.45) is 5.92 Å². The van der Waals surface area contributed by atoms with Gasteiger partial charge in [-0.05, 0) is 67.9 Å². The Morgan fingerprint density at radius 3 is 2.56 bits per heavy atom. The van der Waals surface area contributed by atoms with Gasteiger partial charge in [0, 0.05) is 29.7 Å². The van der Waals surface area contributed by atoms with Crippen LogP contribution in [0.5, 0.6) is 11.5 Å². The highest BCUT2D eigenvalue weighted by molar-refractivity contribution is 6.30. The van der Waals surface area contributed by atoms with E-state index in [4.69, 9.17) is 21.1 Å². The molecule has 1 atom stereocenters. The molecule has 0 radical (unpaired) electrons. The van der Waals surface area contributed by atoms with Crippen LogP contribution in [0, 0.1) is 5.92 Å². The van der Waals surface area contributed by atoms with E-state index in [2.05, 4.69) is 15.2 Å². The Kier molecular flexibility index (Phi) is 8.39. The summed E-state index contributed by atoms with van der Waals surface area (Å²) in [6, 6.07) is 20.6. The molecular formula is C27H30ClN3O3. The zero-order chi connectivity index (χ0) is 23.8. The van der Waals surface area contributed by atoms with Gasteiger partial charge in [0.15, 0.2) is 0 Å². The number of rotatable bonds is 9. The lowest BCUT2D eigenvalue weighted by molar-refractivity contribution is -0.127. The van der Waals surface area contributed by atoms with E-state index in [0.717, 1.165) is 55.2 Å². The number of piperidine rings is 1. The van der Waals surface area contributed by atoms with Crippen LogP contribution in [0.15, 0.2) is 72.9 Å². The fraction of sp³-hybridized carbons (Fsp3) is 0.333. The van der Waals surface area contributed by atoms with Gasteiger partial charge >= 0.3 is 0 Å². The third-order valence-corrected chi connectivity index (χ3v) is 6.40. The van der Waals surface area contributed by atoms with E-state index in [1.807, 2.05) is 66.7 Å². The SMILES string of the molecule is COc1cccc(OCCN2CCC(C(=O)N[C@H](c3ccc(Cl)cc3)c3ccccn3)CC2)c1. The Morgan fingerprint density at radius 1 is 1.09 bits per heavy atom. The van der Waals surface area contributed by atoms with Crippen LogP contribution >= 0.6 is 11.6 Å². The number of amides is 1. The second-order valence-corrected chi connectivity index (χ2v) is 8.83. The highest BCUT2D eigenvalue weighted by atomic mass is 35.5. The Morgan fingerprint density at radius 2 is 1.85 bits per heavy atom. The summed E-state index contributed by atoms with van der Waals surface area (Å²) in [6.45, 7) is 3.17. The summed E-state index contributed by atoms with van der Waals surface area (Å²) in [5.41, 5.74) is 1.77. The Hall–Kier alpha value is -3.09. The molecule has 1 aliphatic heterocycles. The lowest BCUT2D eigenvalue weighted by Gasteiger charge is -2.32. The largest absolute Gasteiger partial charge is 0.497 e. The topological polar surface area (TPSA) is 63.7 Å². The molecule has 1 aliphatic rings. The molecule has 6 nitrogen and oxygen atoms in total. The van der Waals surface area contributed by atoms with Crippen LogP contribution in [0.3, 0.4) is 0 Å². The number of likely N-dealkylation sites (tertiary alicyclic amines) is 1. The van der Waals surface area contributed by atoms with Gasteiger partial charge in [-0.1, -0.05) is 35.9 Å². The van der Waals surface area contributed by atoms with E-state index in [9.17, 15) is 4.79 Å². The molecule has 7 heteroatoms. The van der Waals surface area contributed by atoms with Crippen molar-refractivity contribution < 1.29 is 14.3 Å². The molecule has 4 rings (SSSR count). The predicted molar refractivity (Wildman–Crippen MR) is 133 cm³/mol. The predicted octanol–water partition coefficient (Wildman–Crippen LogP) is 4.74. The van der Waals surface area contributed by atoms with E-state index in [1.54, 1.807) is 13.3 Å². The van der Waals surface area contributed by atoms with E-state index in [0.29, 0.717) is 11.6 Å². The summed E-state index contributed by atoms with van der Waals surface area (Å²) < 4.78 is 11.1. The number of pyridine rings is 1. The van der Waals surface area contributed by atoms with Crippen LogP contribution in [0.4, 0.5) is 0 Å². The third kappa shape index (κ3) is 6.49. The van der Waals surface area contributed by atoms with Crippen LogP contribution in [-0.2, 0) is 4.79 Å². The van der Waals surface area contributed by atoms with Gasteiger partial charge in [-0.25, -0.2) is 0 Å². The van der Waals surface area contributed by atoms with Crippen molar-refractivity contribution in [1.29, 1.82) is 0 Å². The standard InChI is InChI=1S/C27H30ClN3O3/c1-33-23-5-4-6-24(19-23)34-18-17-31-15-12-21(13-16-31)27(32)30-26(25-7-2-3-14-29-25)20-8-10-22(28)11-9-20/h2-11,14,19,21,26H,12-13,15-18H2,1H3,(H,30,32)/t26-/m1/s1. The quantitative estimate of drug-likeness (QED) is 0.480. The minimum atomic E-state index is -0.305. The summed E-state index contributed by atoms with van der Waals surface area (Å²) >= 11 is 6.07. The average molecular weight is 480 g/mol. The van der Waals surface area contributed by atoms with Crippen LogP contribution in [0.1, 0.15) is 30.1 Å². The first-order valence-electron chi connectivity index (χ1n) is 11.6. The van der Waals surface area contributed by atoms with Gasteiger partial charge in [0.2, 0.25) is 5.91 Å². The number of hydrogen-bond acceptors (Lipinski definition) is 5. The maximum atomic E-state index is 13.2. The number of nitrogens with zero attached hydrogens (tertiary/aromatic N) is 2. The van der Waals surface area contributed by atoms with Gasteiger partial charge in [0.25, 0.3) is 0 Å². The van der Waals surface area contributed by atoms with Crippen LogP contribution in [0.2, 0.25) is 5.02 Å². The molecule has 1 N–H and O–H groups in total. The molecule has 0 bridgehead atoms. The summed E-state index contributed by atoms with van der Waals surface area (Å²) in [5.74, 6) is 1.63. The molecule has 3 aromatic rings. The number of hydrogen-bond donors (Lipinski definition) is 1. The number of aromatic nitrogens is 1. The monoisotopic (exact) mass is 479 g/mol. The second kappa shape index (κ2) is 11.9.